The highest BCUT2D eigenvalue weighted by atomic mass is 31.2. The molecule has 1 aromatic heterocycles. The topological polar surface area (TPSA) is 72.5 Å². The van der Waals surface area contributed by atoms with Gasteiger partial charge in [-0.3, -0.25) is 4.57 Å². The minimum atomic E-state index is -3.14. The number of hydrogen-bond acceptors (Lipinski definition) is 5. The van der Waals surface area contributed by atoms with Crippen LogP contribution in [0.2, 0.25) is 0 Å². The quantitative estimate of drug-likeness (QED) is 0.718. The monoisotopic (exact) mass is 243 g/mol. The first kappa shape index (κ1) is 13.0. The highest BCUT2D eigenvalue weighted by Gasteiger charge is 2.25. The van der Waals surface area contributed by atoms with E-state index < -0.39 is 7.60 Å². The second-order valence-electron chi connectivity index (χ2n) is 3.02. The Morgan fingerprint density at radius 1 is 1.44 bits per heavy atom. The van der Waals surface area contributed by atoms with E-state index >= 15 is 0 Å². The molecular formula is C10H14NO4P. The van der Waals surface area contributed by atoms with Crippen molar-refractivity contribution in [3.8, 4) is 6.07 Å². The van der Waals surface area contributed by atoms with E-state index in [2.05, 4.69) is 0 Å². The van der Waals surface area contributed by atoms with Gasteiger partial charge in [0.15, 0.2) is 0 Å². The average molecular weight is 243 g/mol. The molecule has 0 fully saturated rings. The van der Waals surface area contributed by atoms with Crippen molar-refractivity contribution in [3.63, 3.8) is 0 Å². The van der Waals surface area contributed by atoms with Crippen molar-refractivity contribution in [1.29, 1.82) is 5.26 Å². The maximum atomic E-state index is 12.1. The van der Waals surface area contributed by atoms with E-state index in [0.717, 1.165) is 0 Å². The van der Waals surface area contributed by atoms with Gasteiger partial charge in [-0.15, -0.1) is 0 Å². The molecule has 1 heterocycles. The summed E-state index contributed by atoms with van der Waals surface area (Å²) in [6.45, 7) is 4.11. The number of furan rings is 1. The van der Waals surface area contributed by atoms with Crippen LogP contribution in [-0.2, 0) is 19.8 Å². The Labute approximate surface area is 94.5 Å². The average Bonchev–Trinajstić information content (AvgIpc) is 2.65. The largest absolute Gasteiger partial charge is 0.467 e. The lowest BCUT2D eigenvalue weighted by Crippen LogP contribution is -1.98. The summed E-state index contributed by atoms with van der Waals surface area (Å²) in [4.78, 5) is 0. The standard InChI is InChI=1S/C10H14NO4P/c1-3-14-16(12,15-4-2)8-10-5-9(6-11)7-13-10/h5,7H,3-4,8H2,1-2H3. The summed E-state index contributed by atoms with van der Waals surface area (Å²) in [6, 6.07) is 3.46. The lowest BCUT2D eigenvalue weighted by molar-refractivity contribution is 0.217. The molecule has 0 bridgehead atoms. The van der Waals surface area contributed by atoms with Crippen LogP contribution in [0.5, 0.6) is 0 Å². The van der Waals surface area contributed by atoms with E-state index in [9.17, 15) is 4.57 Å². The predicted molar refractivity (Wildman–Crippen MR) is 58.0 cm³/mol. The minimum absolute atomic E-state index is 0.0519. The van der Waals surface area contributed by atoms with Crippen molar-refractivity contribution in [1.82, 2.24) is 0 Å². The van der Waals surface area contributed by atoms with Crippen LogP contribution in [0.15, 0.2) is 16.7 Å². The van der Waals surface area contributed by atoms with Crippen LogP contribution < -0.4 is 0 Å². The first-order chi connectivity index (χ1) is 7.63. The van der Waals surface area contributed by atoms with Gasteiger partial charge in [0.1, 0.15) is 24.3 Å². The third-order valence-electron chi connectivity index (χ3n) is 1.78. The molecule has 16 heavy (non-hydrogen) atoms. The molecule has 5 nitrogen and oxygen atoms in total. The smallest absolute Gasteiger partial charge is 0.338 e. The summed E-state index contributed by atoms with van der Waals surface area (Å²) >= 11 is 0. The normalized spacial score (nSPS) is 11.3. The van der Waals surface area contributed by atoms with Crippen LogP contribution >= 0.6 is 7.60 Å². The van der Waals surface area contributed by atoms with E-state index in [0.29, 0.717) is 24.5 Å². The maximum Gasteiger partial charge on any atom is 0.338 e. The van der Waals surface area contributed by atoms with E-state index in [1.807, 2.05) is 6.07 Å². The molecule has 0 aliphatic rings. The molecule has 0 saturated heterocycles. The molecular weight excluding hydrogens is 229 g/mol. The van der Waals surface area contributed by atoms with Gasteiger partial charge in [-0.1, -0.05) is 0 Å². The van der Waals surface area contributed by atoms with Crippen molar-refractivity contribution in [2.45, 2.75) is 20.0 Å². The number of nitriles is 1. The fourth-order valence-corrected chi connectivity index (χ4v) is 2.83. The molecule has 0 aliphatic carbocycles. The summed E-state index contributed by atoms with van der Waals surface area (Å²) in [5, 5.41) is 8.61. The second kappa shape index (κ2) is 5.86. The molecule has 0 atom stereocenters. The molecule has 1 aromatic rings. The van der Waals surface area contributed by atoms with Crippen LogP contribution in [0, 0.1) is 11.3 Å². The van der Waals surface area contributed by atoms with Crippen molar-refractivity contribution in [3.05, 3.63) is 23.7 Å². The van der Waals surface area contributed by atoms with Gasteiger partial charge in [-0.05, 0) is 19.9 Å². The molecule has 0 aliphatic heterocycles. The van der Waals surface area contributed by atoms with Gasteiger partial charge < -0.3 is 13.5 Å². The van der Waals surface area contributed by atoms with Gasteiger partial charge in [0.05, 0.1) is 18.8 Å². The molecule has 0 spiro atoms. The highest BCUT2D eigenvalue weighted by molar-refractivity contribution is 7.53. The minimum Gasteiger partial charge on any atom is -0.467 e. The van der Waals surface area contributed by atoms with Gasteiger partial charge in [0.2, 0.25) is 0 Å². The van der Waals surface area contributed by atoms with Gasteiger partial charge in [0.25, 0.3) is 0 Å². The third-order valence-corrected chi connectivity index (χ3v) is 3.79. The zero-order chi connectivity index (χ0) is 12.0. The van der Waals surface area contributed by atoms with Crippen LogP contribution in [0.3, 0.4) is 0 Å². The molecule has 0 aromatic carbocycles. The summed E-state index contributed by atoms with van der Waals surface area (Å²) < 4.78 is 27.4. The van der Waals surface area contributed by atoms with Crippen LogP contribution in [0.4, 0.5) is 0 Å². The highest BCUT2D eigenvalue weighted by Crippen LogP contribution is 2.51. The fourth-order valence-electron chi connectivity index (χ4n) is 1.23. The van der Waals surface area contributed by atoms with Gasteiger partial charge in [-0.2, -0.15) is 5.26 Å². The third kappa shape index (κ3) is 3.49. The van der Waals surface area contributed by atoms with Crippen LogP contribution in [0.25, 0.3) is 0 Å². The second-order valence-corrected chi connectivity index (χ2v) is 5.07. The molecule has 0 saturated carbocycles. The Morgan fingerprint density at radius 2 is 2.06 bits per heavy atom. The molecule has 0 amide bonds. The molecule has 0 unspecified atom stereocenters. The van der Waals surface area contributed by atoms with E-state index in [-0.39, 0.29) is 6.16 Å². The Balaban J connectivity index is 2.75. The van der Waals surface area contributed by atoms with Gasteiger partial charge >= 0.3 is 7.60 Å². The van der Waals surface area contributed by atoms with E-state index in [4.69, 9.17) is 18.7 Å². The summed E-state index contributed by atoms with van der Waals surface area (Å²) in [5.41, 5.74) is 0.398. The molecule has 6 heteroatoms. The van der Waals surface area contributed by atoms with E-state index in [1.165, 1.54) is 12.3 Å². The Bertz CT molecular complexity index is 411. The van der Waals surface area contributed by atoms with E-state index in [1.54, 1.807) is 13.8 Å². The van der Waals surface area contributed by atoms with Crippen molar-refractivity contribution < 1.29 is 18.0 Å². The SMILES string of the molecule is CCOP(=O)(Cc1cc(C#N)co1)OCC. The zero-order valence-electron chi connectivity index (χ0n) is 9.30. The molecule has 0 N–H and O–H groups in total. The lowest BCUT2D eigenvalue weighted by Gasteiger charge is -2.15. The van der Waals surface area contributed by atoms with Crippen molar-refractivity contribution in [2.75, 3.05) is 13.2 Å². The zero-order valence-corrected chi connectivity index (χ0v) is 10.2. The summed E-state index contributed by atoms with van der Waals surface area (Å²) in [5.74, 6) is 0.432. The Kier molecular flexibility index (Phi) is 4.75. The first-order valence-electron chi connectivity index (χ1n) is 4.99. The number of hydrogen-bond donors (Lipinski definition) is 0. The first-order valence-corrected chi connectivity index (χ1v) is 6.72. The van der Waals surface area contributed by atoms with Gasteiger partial charge in [0, 0.05) is 0 Å². The maximum absolute atomic E-state index is 12.1. The number of rotatable bonds is 6. The predicted octanol–water partition coefficient (Wildman–Crippen LogP) is 2.92. The fraction of sp³-hybridized carbons (Fsp3) is 0.500. The van der Waals surface area contributed by atoms with Gasteiger partial charge in [-0.25, -0.2) is 0 Å². The van der Waals surface area contributed by atoms with Crippen molar-refractivity contribution in [2.24, 2.45) is 0 Å². The summed E-state index contributed by atoms with van der Waals surface area (Å²) in [7, 11) is -3.14. The number of nitrogens with zero attached hydrogens (tertiary/aromatic N) is 1. The summed E-state index contributed by atoms with van der Waals surface area (Å²) in [6.07, 6.45) is 1.37. The van der Waals surface area contributed by atoms with Crippen molar-refractivity contribution >= 4 is 7.60 Å². The molecule has 1 rings (SSSR count). The Hall–Kier alpha value is -1.08. The molecule has 0 radical (unpaired) electrons. The molecule has 88 valence electrons. The van der Waals surface area contributed by atoms with Crippen LogP contribution in [-0.4, -0.2) is 13.2 Å². The lowest BCUT2D eigenvalue weighted by atomic mass is 10.3. The Morgan fingerprint density at radius 3 is 2.50 bits per heavy atom. The van der Waals surface area contributed by atoms with Crippen LogP contribution in [0.1, 0.15) is 25.2 Å².